The molecule has 3 aromatic rings. The highest BCUT2D eigenvalue weighted by Crippen LogP contribution is 2.21. The van der Waals surface area contributed by atoms with E-state index in [2.05, 4.69) is 20.8 Å². The first-order valence-electron chi connectivity index (χ1n) is 10.8. The molecule has 0 saturated carbocycles. The van der Waals surface area contributed by atoms with Gasteiger partial charge in [-0.2, -0.15) is 5.10 Å². The highest BCUT2D eigenvalue weighted by molar-refractivity contribution is 5.94. The summed E-state index contributed by atoms with van der Waals surface area (Å²) in [5, 5.41) is 12.5. The van der Waals surface area contributed by atoms with E-state index in [1.54, 1.807) is 6.07 Å². The Kier molecular flexibility index (Phi) is 8.01. The largest absolute Gasteiger partial charge is 0.397 e. The summed E-state index contributed by atoms with van der Waals surface area (Å²) in [6.45, 7) is 0.497. The zero-order valence-corrected chi connectivity index (χ0v) is 18.8. The molecule has 1 heterocycles. The topological polar surface area (TPSA) is 116 Å². The van der Waals surface area contributed by atoms with E-state index in [-0.39, 0.29) is 17.5 Å². The van der Waals surface area contributed by atoms with Crippen LogP contribution in [0.25, 0.3) is 11.3 Å². The number of nitrogens with one attached hydrogen (secondary N) is 3. The number of hydrogen-bond donors (Lipinski definition) is 4. The summed E-state index contributed by atoms with van der Waals surface area (Å²) in [5.41, 5.74) is 9.41. The Bertz CT molecular complexity index is 1090. The third-order valence-corrected chi connectivity index (χ3v) is 5.16. The first-order valence-corrected chi connectivity index (χ1v) is 10.8. The Morgan fingerprint density at radius 2 is 1.82 bits per heavy atom. The van der Waals surface area contributed by atoms with Gasteiger partial charge in [0.25, 0.3) is 5.91 Å². The van der Waals surface area contributed by atoms with Crippen LogP contribution in [0.15, 0.2) is 48.5 Å². The van der Waals surface area contributed by atoms with Crippen molar-refractivity contribution in [3.8, 4) is 11.3 Å². The first kappa shape index (κ1) is 23.8. The predicted molar refractivity (Wildman–Crippen MR) is 129 cm³/mol. The average Bonchev–Trinajstić information content (AvgIpc) is 3.28. The molecular formula is C24H29FN6O2. The van der Waals surface area contributed by atoms with E-state index in [0.29, 0.717) is 36.5 Å². The van der Waals surface area contributed by atoms with Crippen molar-refractivity contribution < 1.29 is 14.0 Å². The number of nitrogen functional groups attached to an aromatic ring is 1. The minimum Gasteiger partial charge on any atom is -0.397 e. The van der Waals surface area contributed by atoms with Gasteiger partial charge in [0.05, 0.1) is 17.1 Å². The van der Waals surface area contributed by atoms with Gasteiger partial charge in [-0.1, -0.05) is 18.6 Å². The van der Waals surface area contributed by atoms with Gasteiger partial charge in [-0.3, -0.25) is 14.7 Å². The van der Waals surface area contributed by atoms with Crippen LogP contribution < -0.4 is 21.3 Å². The Morgan fingerprint density at radius 1 is 1.06 bits per heavy atom. The number of aromatic nitrogens is 2. The lowest BCUT2D eigenvalue weighted by Crippen LogP contribution is -2.24. The minimum atomic E-state index is -0.447. The summed E-state index contributed by atoms with van der Waals surface area (Å²) in [5.74, 6) is -0.846. The third-order valence-electron chi connectivity index (χ3n) is 5.16. The average molecular weight is 453 g/mol. The zero-order valence-electron chi connectivity index (χ0n) is 18.8. The number of hydrogen-bond acceptors (Lipinski definition) is 5. The molecule has 3 rings (SSSR count). The summed E-state index contributed by atoms with van der Waals surface area (Å²) >= 11 is 0. The molecule has 5 N–H and O–H groups in total. The van der Waals surface area contributed by atoms with Crippen molar-refractivity contribution in [1.29, 1.82) is 0 Å². The van der Waals surface area contributed by atoms with Crippen LogP contribution in [-0.2, 0) is 4.79 Å². The van der Waals surface area contributed by atoms with Gasteiger partial charge in [-0.05, 0) is 49.2 Å². The molecule has 0 bridgehead atoms. The normalized spacial score (nSPS) is 10.6. The first-order chi connectivity index (χ1) is 15.8. The lowest BCUT2D eigenvalue weighted by Gasteiger charge is -2.11. The predicted octanol–water partition coefficient (Wildman–Crippen LogP) is 3.79. The Hall–Kier alpha value is -3.88. The minimum absolute atomic E-state index is 0.180. The van der Waals surface area contributed by atoms with E-state index in [1.807, 2.05) is 43.3 Å². The fraction of sp³-hybridized carbons (Fsp3) is 0.292. The molecule has 0 saturated heterocycles. The maximum Gasteiger partial charge on any atom is 0.269 e. The molecule has 2 aromatic carbocycles. The lowest BCUT2D eigenvalue weighted by molar-refractivity contribution is -0.116. The maximum absolute atomic E-state index is 13.1. The van der Waals surface area contributed by atoms with Crippen molar-refractivity contribution in [2.24, 2.45) is 0 Å². The van der Waals surface area contributed by atoms with Crippen LogP contribution in [0.3, 0.4) is 0 Å². The summed E-state index contributed by atoms with van der Waals surface area (Å²) in [7, 11) is 3.95. The second kappa shape index (κ2) is 11.1. The monoisotopic (exact) mass is 452 g/mol. The molecule has 1 aromatic heterocycles. The maximum atomic E-state index is 13.1. The van der Waals surface area contributed by atoms with Crippen molar-refractivity contribution in [3.63, 3.8) is 0 Å². The van der Waals surface area contributed by atoms with Crippen molar-refractivity contribution in [2.45, 2.75) is 25.7 Å². The van der Waals surface area contributed by atoms with E-state index in [1.165, 1.54) is 18.2 Å². The van der Waals surface area contributed by atoms with Crippen LogP contribution in [0, 0.1) is 5.82 Å². The number of carbonyl (C=O) groups excluding carboxylic acids is 2. The van der Waals surface area contributed by atoms with Gasteiger partial charge in [0.1, 0.15) is 11.5 Å². The molecule has 0 aliphatic carbocycles. The van der Waals surface area contributed by atoms with Gasteiger partial charge in [-0.25, -0.2) is 4.39 Å². The molecule has 33 heavy (non-hydrogen) atoms. The molecule has 0 spiro atoms. The standard InChI is InChI=1S/C24H29FN6O2/c1-31(2)18-10-7-16(8-11-18)21-15-22(30-29-21)24(33)27-13-5-3-4-6-23(32)28-20-12-9-17(25)14-19(20)26/h7-12,14-15H,3-6,13,26H2,1-2H3,(H,27,33)(H,28,32)(H,29,30). The van der Waals surface area contributed by atoms with Crippen LogP contribution in [0.2, 0.25) is 0 Å². The number of aromatic amines is 1. The van der Waals surface area contributed by atoms with Gasteiger partial charge >= 0.3 is 0 Å². The number of rotatable bonds is 10. The van der Waals surface area contributed by atoms with Gasteiger partial charge in [0.2, 0.25) is 5.91 Å². The highest BCUT2D eigenvalue weighted by atomic mass is 19.1. The summed E-state index contributed by atoms with van der Waals surface area (Å²) in [6, 6.07) is 13.5. The number of nitrogens with zero attached hydrogens (tertiary/aromatic N) is 2. The molecule has 0 radical (unpaired) electrons. The van der Waals surface area contributed by atoms with Crippen LogP contribution in [-0.4, -0.2) is 42.7 Å². The SMILES string of the molecule is CN(C)c1ccc(-c2cc(C(=O)NCCCCCC(=O)Nc3ccc(F)cc3N)[nH]n2)cc1. The second-order valence-electron chi connectivity index (χ2n) is 7.95. The zero-order chi connectivity index (χ0) is 23.8. The van der Waals surface area contributed by atoms with Crippen molar-refractivity contribution in [1.82, 2.24) is 15.5 Å². The molecule has 0 unspecified atom stereocenters. The number of H-pyrrole nitrogens is 1. The van der Waals surface area contributed by atoms with Crippen molar-refractivity contribution >= 4 is 28.9 Å². The molecule has 8 nitrogen and oxygen atoms in total. The number of benzene rings is 2. The highest BCUT2D eigenvalue weighted by Gasteiger charge is 2.11. The number of carbonyl (C=O) groups is 2. The second-order valence-corrected chi connectivity index (χ2v) is 7.95. The number of nitrogens with two attached hydrogens (primary N) is 1. The van der Waals surface area contributed by atoms with Gasteiger partial charge in [0.15, 0.2) is 0 Å². The Labute approximate surface area is 192 Å². The van der Waals surface area contributed by atoms with Crippen LogP contribution >= 0.6 is 0 Å². The van der Waals surface area contributed by atoms with Gasteiger partial charge in [0, 0.05) is 38.3 Å². The van der Waals surface area contributed by atoms with E-state index >= 15 is 0 Å². The number of halogens is 1. The molecule has 2 amide bonds. The number of amides is 2. The fourth-order valence-corrected chi connectivity index (χ4v) is 3.26. The van der Waals surface area contributed by atoms with E-state index in [0.717, 1.165) is 24.1 Å². The number of unbranched alkanes of at least 4 members (excludes halogenated alkanes) is 2. The van der Waals surface area contributed by atoms with Crippen LogP contribution in [0.5, 0.6) is 0 Å². The summed E-state index contributed by atoms with van der Waals surface area (Å²) < 4.78 is 13.1. The molecular weight excluding hydrogens is 423 g/mol. The quantitative estimate of drug-likeness (QED) is 0.276. The van der Waals surface area contributed by atoms with E-state index in [9.17, 15) is 14.0 Å². The summed E-state index contributed by atoms with van der Waals surface area (Å²) in [4.78, 5) is 26.4. The molecule has 0 aliphatic rings. The molecule has 0 atom stereocenters. The van der Waals surface area contributed by atoms with Crippen molar-refractivity contribution in [3.05, 3.63) is 60.0 Å². The van der Waals surface area contributed by atoms with E-state index in [4.69, 9.17) is 5.73 Å². The lowest BCUT2D eigenvalue weighted by atomic mass is 10.1. The van der Waals surface area contributed by atoms with Crippen LogP contribution in [0.1, 0.15) is 36.2 Å². The Balaban J connectivity index is 1.35. The van der Waals surface area contributed by atoms with Gasteiger partial charge < -0.3 is 21.3 Å². The summed E-state index contributed by atoms with van der Waals surface area (Å²) in [6.07, 6.45) is 2.50. The molecule has 0 aliphatic heterocycles. The van der Waals surface area contributed by atoms with Gasteiger partial charge in [-0.15, -0.1) is 0 Å². The van der Waals surface area contributed by atoms with Crippen molar-refractivity contribution in [2.75, 3.05) is 36.6 Å². The third kappa shape index (κ3) is 6.80. The molecule has 9 heteroatoms. The Morgan fingerprint density at radius 3 is 2.52 bits per heavy atom. The molecule has 0 fully saturated rings. The molecule has 174 valence electrons. The number of anilines is 3. The fourth-order valence-electron chi connectivity index (χ4n) is 3.26. The smallest absolute Gasteiger partial charge is 0.269 e. The van der Waals surface area contributed by atoms with E-state index < -0.39 is 5.82 Å². The van der Waals surface area contributed by atoms with Crippen LogP contribution in [0.4, 0.5) is 21.5 Å².